The summed E-state index contributed by atoms with van der Waals surface area (Å²) in [7, 11) is 0. The second-order valence-corrected chi connectivity index (χ2v) is 7.64. The first kappa shape index (κ1) is 29.5. The third kappa shape index (κ3) is 11.9. The normalized spacial score (nSPS) is 9.63. The summed E-state index contributed by atoms with van der Waals surface area (Å²) in [6.45, 7) is 13.2. The van der Waals surface area contributed by atoms with Gasteiger partial charge in [-0.2, -0.15) is 4.98 Å². The smallest absolute Gasteiger partial charge is 0.217 e. The van der Waals surface area contributed by atoms with Gasteiger partial charge in [-0.25, -0.2) is 0 Å². The number of anilines is 2. The minimum absolute atomic E-state index is 0.423. The molecule has 0 aliphatic carbocycles. The Labute approximate surface area is 211 Å². The molecule has 3 aromatic rings. The molecule has 0 saturated heterocycles. The van der Waals surface area contributed by atoms with E-state index in [-0.39, 0.29) is 0 Å². The van der Waals surface area contributed by atoms with Crippen LogP contribution in [0.2, 0.25) is 0 Å². The Morgan fingerprint density at radius 1 is 0.886 bits per heavy atom. The molecule has 0 fully saturated rings. The molecule has 1 aromatic heterocycles. The topological polar surface area (TPSA) is 84.5 Å². The Kier molecular flexibility index (Phi) is 15.1. The van der Waals surface area contributed by atoms with Crippen molar-refractivity contribution < 1.29 is 9.47 Å². The SMILES string of the molecule is CC.CCCN(CCC)c1cc(N)nc(OCCOc2ccccc2)c1.Cc1cccc(C=N)c1. The van der Waals surface area contributed by atoms with Gasteiger partial charge in [-0.05, 0) is 37.5 Å². The fourth-order valence-corrected chi connectivity index (χ4v) is 3.26. The summed E-state index contributed by atoms with van der Waals surface area (Å²) in [6, 6.07) is 21.4. The number of nitrogens with two attached hydrogens (primary N) is 1. The summed E-state index contributed by atoms with van der Waals surface area (Å²) in [4.78, 5) is 6.57. The second kappa shape index (κ2) is 17.9. The number of nitrogen functional groups attached to an aromatic ring is 1. The van der Waals surface area contributed by atoms with Crippen molar-refractivity contribution >= 4 is 17.7 Å². The van der Waals surface area contributed by atoms with E-state index in [1.165, 1.54) is 11.8 Å². The molecule has 0 aliphatic heterocycles. The average molecular weight is 479 g/mol. The van der Waals surface area contributed by atoms with E-state index < -0.39 is 0 Å². The predicted molar refractivity (Wildman–Crippen MR) is 149 cm³/mol. The first-order valence-corrected chi connectivity index (χ1v) is 12.5. The molecule has 0 amide bonds. The van der Waals surface area contributed by atoms with E-state index in [1.54, 1.807) is 0 Å². The molecule has 0 spiro atoms. The van der Waals surface area contributed by atoms with Crippen LogP contribution in [-0.4, -0.2) is 37.5 Å². The van der Waals surface area contributed by atoms with Gasteiger partial charge >= 0.3 is 0 Å². The van der Waals surface area contributed by atoms with Gasteiger partial charge in [0.15, 0.2) is 0 Å². The molecule has 2 aromatic carbocycles. The van der Waals surface area contributed by atoms with Crippen LogP contribution in [0.4, 0.5) is 11.5 Å². The number of ether oxygens (including phenoxy) is 2. The van der Waals surface area contributed by atoms with E-state index in [2.05, 4.69) is 23.7 Å². The van der Waals surface area contributed by atoms with E-state index in [4.69, 9.17) is 20.6 Å². The van der Waals surface area contributed by atoms with Gasteiger partial charge in [0.1, 0.15) is 24.8 Å². The molecule has 1 heterocycles. The highest BCUT2D eigenvalue weighted by atomic mass is 16.5. The van der Waals surface area contributed by atoms with Crippen molar-refractivity contribution in [3.05, 3.63) is 77.9 Å². The summed E-state index contributed by atoms with van der Waals surface area (Å²) in [5, 5.41) is 6.92. The largest absolute Gasteiger partial charge is 0.490 e. The zero-order valence-corrected chi connectivity index (χ0v) is 22.0. The lowest BCUT2D eigenvalue weighted by atomic mass is 10.2. The van der Waals surface area contributed by atoms with Crippen molar-refractivity contribution in [3.8, 4) is 11.6 Å². The summed E-state index contributed by atoms with van der Waals surface area (Å²) in [6.07, 6.45) is 3.53. The number of hydrogen-bond acceptors (Lipinski definition) is 6. The van der Waals surface area contributed by atoms with Gasteiger partial charge in [0.2, 0.25) is 5.88 Å². The van der Waals surface area contributed by atoms with Crippen LogP contribution in [0.5, 0.6) is 11.6 Å². The van der Waals surface area contributed by atoms with Gasteiger partial charge < -0.3 is 25.5 Å². The number of aryl methyl sites for hydroxylation is 1. The van der Waals surface area contributed by atoms with Crippen LogP contribution in [0, 0.1) is 12.3 Å². The van der Waals surface area contributed by atoms with Crippen molar-refractivity contribution in [2.24, 2.45) is 0 Å². The second-order valence-electron chi connectivity index (χ2n) is 7.64. The van der Waals surface area contributed by atoms with Crippen molar-refractivity contribution in [2.45, 2.75) is 47.5 Å². The van der Waals surface area contributed by atoms with Gasteiger partial charge in [0.25, 0.3) is 0 Å². The summed E-state index contributed by atoms with van der Waals surface area (Å²) in [5.74, 6) is 1.85. The Balaban J connectivity index is 0.000000464. The Hall–Kier alpha value is -3.54. The summed E-state index contributed by atoms with van der Waals surface area (Å²) < 4.78 is 11.3. The van der Waals surface area contributed by atoms with Crippen LogP contribution in [0.1, 0.15) is 51.7 Å². The first-order chi connectivity index (χ1) is 17.0. The lowest BCUT2D eigenvalue weighted by molar-refractivity contribution is 0.212. The highest BCUT2D eigenvalue weighted by Gasteiger charge is 2.09. The molecule has 190 valence electrons. The van der Waals surface area contributed by atoms with E-state index in [9.17, 15) is 0 Å². The molecule has 35 heavy (non-hydrogen) atoms. The zero-order chi connectivity index (χ0) is 25.9. The molecule has 6 nitrogen and oxygen atoms in total. The third-order valence-corrected chi connectivity index (χ3v) is 4.71. The highest BCUT2D eigenvalue weighted by molar-refractivity contribution is 5.76. The van der Waals surface area contributed by atoms with Crippen LogP contribution < -0.4 is 20.1 Å². The Bertz CT molecular complexity index is 958. The van der Waals surface area contributed by atoms with E-state index in [0.717, 1.165) is 42.9 Å². The molecule has 3 rings (SSSR count). The summed E-state index contributed by atoms with van der Waals surface area (Å²) >= 11 is 0. The Morgan fingerprint density at radius 2 is 1.54 bits per heavy atom. The monoisotopic (exact) mass is 478 g/mol. The highest BCUT2D eigenvalue weighted by Crippen LogP contribution is 2.23. The minimum atomic E-state index is 0.423. The number of nitrogens with one attached hydrogen (secondary N) is 1. The van der Waals surface area contributed by atoms with Crippen LogP contribution in [0.15, 0.2) is 66.7 Å². The van der Waals surface area contributed by atoms with Gasteiger partial charge in [0, 0.05) is 37.1 Å². The van der Waals surface area contributed by atoms with Crippen LogP contribution in [0.3, 0.4) is 0 Å². The van der Waals surface area contributed by atoms with Crippen molar-refractivity contribution in [1.29, 1.82) is 5.41 Å². The van der Waals surface area contributed by atoms with Crippen molar-refractivity contribution in [1.82, 2.24) is 4.98 Å². The number of para-hydroxylation sites is 1. The van der Waals surface area contributed by atoms with Crippen LogP contribution in [0.25, 0.3) is 0 Å². The van der Waals surface area contributed by atoms with Gasteiger partial charge in [0.05, 0.1) is 0 Å². The molecule has 0 aliphatic rings. The molecule has 0 saturated carbocycles. The minimum Gasteiger partial charge on any atom is -0.490 e. The number of pyridine rings is 1. The van der Waals surface area contributed by atoms with Gasteiger partial charge in [-0.1, -0.05) is 75.7 Å². The third-order valence-electron chi connectivity index (χ3n) is 4.71. The molecule has 0 atom stereocenters. The lowest BCUT2D eigenvalue weighted by Crippen LogP contribution is -2.25. The Morgan fingerprint density at radius 3 is 2.11 bits per heavy atom. The maximum absolute atomic E-state index is 6.92. The predicted octanol–water partition coefficient (Wildman–Crippen LogP) is 6.77. The van der Waals surface area contributed by atoms with Crippen molar-refractivity contribution in [2.75, 3.05) is 36.9 Å². The molecule has 0 radical (unpaired) electrons. The molecule has 0 unspecified atom stereocenters. The molecular formula is C29H42N4O2. The molecule has 0 bridgehead atoms. The maximum atomic E-state index is 6.92. The van der Waals surface area contributed by atoms with Gasteiger partial charge in [-0.15, -0.1) is 0 Å². The number of hydrogen-bond donors (Lipinski definition) is 2. The molecule has 6 heteroatoms. The molecule has 3 N–H and O–H groups in total. The maximum Gasteiger partial charge on any atom is 0.217 e. The number of aromatic nitrogens is 1. The van der Waals surface area contributed by atoms with E-state index in [0.29, 0.717) is 24.9 Å². The summed E-state index contributed by atoms with van der Waals surface area (Å²) in [5.41, 5.74) is 9.17. The fraction of sp³-hybridized carbons (Fsp3) is 0.379. The standard InChI is InChI=1S/C19H27N3O2.C8H9N.C2H6/c1-3-10-22(11-4-2)16-14-18(20)21-19(15-16)24-13-12-23-17-8-6-5-7-9-17;1-7-3-2-4-8(5-7)6-9;1-2/h5-9,14-15H,3-4,10-13H2,1-2H3,(H2,20,21);2-6,9H,1H3;1-2H3. The quantitative estimate of drug-likeness (QED) is 0.235. The number of rotatable bonds is 11. The average Bonchev–Trinajstić information content (AvgIpc) is 2.88. The van der Waals surface area contributed by atoms with E-state index in [1.807, 2.05) is 87.5 Å². The molecular weight excluding hydrogens is 436 g/mol. The first-order valence-electron chi connectivity index (χ1n) is 12.5. The van der Waals surface area contributed by atoms with Crippen molar-refractivity contribution in [3.63, 3.8) is 0 Å². The van der Waals surface area contributed by atoms with Crippen LogP contribution >= 0.6 is 0 Å². The zero-order valence-electron chi connectivity index (χ0n) is 22.0. The fourth-order valence-electron chi connectivity index (χ4n) is 3.26. The number of benzene rings is 2. The van der Waals surface area contributed by atoms with Crippen LogP contribution in [-0.2, 0) is 0 Å². The lowest BCUT2D eigenvalue weighted by Gasteiger charge is -2.24. The van der Waals surface area contributed by atoms with Gasteiger partial charge in [-0.3, -0.25) is 0 Å². The number of nitrogens with zero attached hydrogens (tertiary/aromatic N) is 2. The van der Waals surface area contributed by atoms with E-state index >= 15 is 0 Å².